The monoisotopic (exact) mass is 638 g/mol. The summed E-state index contributed by atoms with van der Waals surface area (Å²) in [4.78, 5) is 45.4. The minimum atomic E-state index is -1.57. The number of nitrogens with two attached hydrogens (primary N) is 3. The number of ketones is 1. The first kappa shape index (κ1) is 30.4. The molecule has 3 aliphatic rings. The van der Waals surface area contributed by atoms with Crippen molar-refractivity contribution >= 4 is 44.7 Å². The number of amides is 2. The number of hydrogen-bond acceptors (Lipinski definition) is 9. The average molecular weight is 639 g/mol. The molecule has 11 heteroatoms. The molecule has 4 aromatic rings. The third-order valence-electron chi connectivity index (χ3n) is 9.54. The highest BCUT2D eigenvalue weighted by atomic mass is 32.1. The molecule has 3 unspecified atom stereocenters. The van der Waals surface area contributed by atoms with Gasteiger partial charge < -0.3 is 32.2 Å². The zero-order chi connectivity index (χ0) is 32.2. The molecule has 2 amide bonds. The predicted molar refractivity (Wildman–Crippen MR) is 179 cm³/mol. The van der Waals surface area contributed by atoms with Crippen LogP contribution in [0.1, 0.15) is 57.2 Å². The number of ether oxygens (including phenoxy) is 1. The summed E-state index contributed by atoms with van der Waals surface area (Å²) in [5, 5.41) is 3.79. The smallest absolute Gasteiger partial charge is 0.262 e. The van der Waals surface area contributed by atoms with Crippen LogP contribution in [-0.4, -0.2) is 66.2 Å². The topological polar surface area (TPSA) is 157 Å². The van der Waals surface area contributed by atoms with Crippen LogP contribution >= 0.6 is 11.3 Å². The van der Waals surface area contributed by atoms with E-state index in [0.717, 1.165) is 37.9 Å². The summed E-state index contributed by atoms with van der Waals surface area (Å²) in [6, 6.07) is 17.1. The van der Waals surface area contributed by atoms with E-state index in [0.29, 0.717) is 68.5 Å². The number of carbonyl (C=O) groups is 3. The van der Waals surface area contributed by atoms with Gasteiger partial charge in [0, 0.05) is 35.8 Å². The quantitative estimate of drug-likeness (QED) is 0.223. The number of nitrogens with zero attached hydrogens (tertiary/aromatic N) is 2. The molecule has 0 radical (unpaired) electrons. The van der Waals surface area contributed by atoms with E-state index in [-0.39, 0.29) is 17.9 Å². The summed E-state index contributed by atoms with van der Waals surface area (Å²) in [6.07, 6.45) is 2.68. The Labute approximate surface area is 271 Å². The molecule has 0 bridgehead atoms. The summed E-state index contributed by atoms with van der Waals surface area (Å²) < 4.78 is 6.69. The molecule has 7 N–H and O–H groups in total. The van der Waals surface area contributed by atoms with Gasteiger partial charge in [-0.05, 0) is 86.3 Å². The molecule has 238 valence electrons. The summed E-state index contributed by atoms with van der Waals surface area (Å²) in [7, 11) is 0. The SMILES string of the molecule is Cc1cc(Oc2ccccc2)ccc1C1(N)C(=O)C(N)c2c(C(=O)NC3CCCN(C(=O)CN4CCC4)C3)sc3c(N)ccc1c23. The van der Waals surface area contributed by atoms with Gasteiger partial charge in [0.25, 0.3) is 5.91 Å². The number of benzene rings is 3. The molecular formula is C35H38N6O4S. The third kappa shape index (κ3) is 5.13. The van der Waals surface area contributed by atoms with E-state index in [2.05, 4.69) is 10.2 Å². The standard InChI is InChI=1S/C35H38N6O4S/c1-20-17-23(45-22-8-3-2-4-9-22)10-11-24(20)35(38)25-12-13-26(36)31-28(25)29(30(37)33(35)43)32(46-31)34(44)39-21-7-5-16-41(18-21)27(42)19-40-14-6-15-40/h2-4,8-13,17,21,30H,5-7,14-16,18-19,36-38H2,1H3,(H,39,44). The van der Waals surface area contributed by atoms with Gasteiger partial charge in [-0.25, -0.2) is 0 Å². The second-order valence-electron chi connectivity index (χ2n) is 12.6. The van der Waals surface area contributed by atoms with Crippen LogP contribution in [0, 0.1) is 6.92 Å². The average Bonchev–Trinajstić information content (AvgIpc) is 3.44. The number of hydrogen-bond donors (Lipinski definition) is 4. The van der Waals surface area contributed by atoms with Crippen molar-refractivity contribution in [2.75, 3.05) is 38.5 Å². The van der Waals surface area contributed by atoms with Crippen LogP contribution in [0.5, 0.6) is 11.5 Å². The largest absolute Gasteiger partial charge is 0.457 e. The Balaban J connectivity index is 1.20. The first-order valence-corrected chi connectivity index (χ1v) is 16.6. The maximum absolute atomic E-state index is 14.3. The van der Waals surface area contributed by atoms with Gasteiger partial charge in [-0.3, -0.25) is 19.3 Å². The van der Waals surface area contributed by atoms with Gasteiger partial charge in [0.1, 0.15) is 17.0 Å². The van der Waals surface area contributed by atoms with E-state index in [1.165, 1.54) is 11.3 Å². The number of anilines is 1. The summed E-state index contributed by atoms with van der Waals surface area (Å²) in [5.74, 6) is 0.675. The summed E-state index contributed by atoms with van der Waals surface area (Å²) in [5.41, 5.74) is 21.6. The number of nitrogen functional groups attached to an aromatic ring is 1. The zero-order valence-corrected chi connectivity index (χ0v) is 26.6. The van der Waals surface area contributed by atoms with Gasteiger partial charge in [0.05, 0.1) is 22.2 Å². The fourth-order valence-electron chi connectivity index (χ4n) is 7.00. The normalized spacial score (nSPS) is 22.8. The Hall–Kier alpha value is -4.29. The molecule has 1 aliphatic carbocycles. The van der Waals surface area contributed by atoms with Crippen LogP contribution in [-0.2, 0) is 15.1 Å². The van der Waals surface area contributed by atoms with E-state index in [4.69, 9.17) is 21.9 Å². The summed E-state index contributed by atoms with van der Waals surface area (Å²) >= 11 is 1.23. The molecule has 3 aromatic carbocycles. The highest BCUT2D eigenvalue weighted by Gasteiger charge is 2.49. The van der Waals surface area contributed by atoms with Gasteiger partial charge >= 0.3 is 0 Å². The molecule has 46 heavy (non-hydrogen) atoms. The van der Waals surface area contributed by atoms with Crippen LogP contribution in [0.15, 0.2) is 60.7 Å². The van der Waals surface area contributed by atoms with Gasteiger partial charge in [-0.1, -0.05) is 30.3 Å². The number of para-hydroxylation sites is 1. The van der Waals surface area contributed by atoms with Gasteiger partial charge in [0.15, 0.2) is 5.78 Å². The first-order chi connectivity index (χ1) is 22.1. The highest BCUT2D eigenvalue weighted by Crippen LogP contribution is 2.50. The van der Waals surface area contributed by atoms with Crippen molar-refractivity contribution in [3.05, 3.63) is 87.8 Å². The van der Waals surface area contributed by atoms with Crippen LogP contribution in [0.4, 0.5) is 5.69 Å². The number of aryl methyl sites for hydroxylation is 1. The number of nitrogens with one attached hydrogen (secondary N) is 1. The Kier molecular flexibility index (Phi) is 7.80. The van der Waals surface area contributed by atoms with Crippen LogP contribution in [0.25, 0.3) is 10.1 Å². The van der Waals surface area contributed by atoms with Crippen LogP contribution in [0.3, 0.4) is 0 Å². The van der Waals surface area contributed by atoms with E-state index in [9.17, 15) is 14.4 Å². The minimum absolute atomic E-state index is 0.0925. The molecule has 2 aliphatic heterocycles. The lowest BCUT2D eigenvalue weighted by molar-refractivity contribution is -0.134. The molecule has 2 fully saturated rings. The number of rotatable bonds is 7. The molecule has 1 aromatic heterocycles. The molecule has 3 atom stereocenters. The zero-order valence-electron chi connectivity index (χ0n) is 25.8. The van der Waals surface area contributed by atoms with E-state index >= 15 is 0 Å². The van der Waals surface area contributed by atoms with Crippen molar-refractivity contribution in [1.29, 1.82) is 0 Å². The highest BCUT2D eigenvalue weighted by molar-refractivity contribution is 7.21. The number of carbonyl (C=O) groups excluding carboxylic acids is 3. The lowest BCUT2D eigenvalue weighted by Gasteiger charge is -2.38. The minimum Gasteiger partial charge on any atom is -0.457 e. The van der Waals surface area contributed by atoms with Crippen molar-refractivity contribution in [1.82, 2.24) is 15.1 Å². The number of Topliss-reactive ketones (excluding diaryl/α,β-unsaturated/α-hetero) is 1. The van der Waals surface area contributed by atoms with Crippen LogP contribution in [0.2, 0.25) is 0 Å². The van der Waals surface area contributed by atoms with E-state index in [1.54, 1.807) is 18.2 Å². The third-order valence-corrected chi connectivity index (χ3v) is 10.8. The molecule has 3 heterocycles. The molecular weight excluding hydrogens is 600 g/mol. The first-order valence-electron chi connectivity index (χ1n) is 15.7. The Morgan fingerprint density at radius 1 is 1.02 bits per heavy atom. The predicted octanol–water partition coefficient (Wildman–Crippen LogP) is 3.80. The number of piperidine rings is 1. The second kappa shape index (κ2) is 11.8. The Bertz CT molecular complexity index is 1850. The van der Waals surface area contributed by atoms with Crippen molar-refractivity contribution in [3.8, 4) is 11.5 Å². The molecule has 2 saturated heterocycles. The lowest BCUT2D eigenvalue weighted by Crippen LogP contribution is -2.54. The van der Waals surface area contributed by atoms with Gasteiger partial charge in [-0.2, -0.15) is 0 Å². The number of thiophene rings is 1. The van der Waals surface area contributed by atoms with Crippen molar-refractivity contribution in [2.45, 2.75) is 43.8 Å². The molecule has 7 rings (SSSR count). The maximum Gasteiger partial charge on any atom is 0.262 e. The molecule has 0 saturated carbocycles. The van der Waals surface area contributed by atoms with Crippen molar-refractivity contribution in [3.63, 3.8) is 0 Å². The van der Waals surface area contributed by atoms with Gasteiger partial charge in [0.2, 0.25) is 5.91 Å². The van der Waals surface area contributed by atoms with E-state index in [1.807, 2.05) is 54.3 Å². The second-order valence-corrected chi connectivity index (χ2v) is 13.6. The van der Waals surface area contributed by atoms with Crippen LogP contribution < -0.4 is 27.3 Å². The number of likely N-dealkylation sites (tertiary alicyclic amines) is 2. The molecule has 0 spiro atoms. The van der Waals surface area contributed by atoms with Crippen molar-refractivity contribution in [2.24, 2.45) is 11.5 Å². The van der Waals surface area contributed by atoms with E-state index < -0.39 is 17.4 Å². The lowest BCUT2D eigenvalue weighted by atomic mass is 9.69. The molecule has 10 nitrogen and oxygen atoms in total. The van der Waals surface area contributed by atoms with Gasteiger partial charge in [-0.15, -0.1) is 11.3 Å². The Morgan fingerprint density at radius 2 is 1.78 bits per heavy atom. The fourth-order valence-corrected chi connectivity index (χ4v) is 8.20. The Morgan fingerprint density at radius 3 is 2.50 bits per heavy atom. The summed E-state index contributed by atoms with van der Waals surface area (Å²) in [6.45, 7) is 5.35. The van der Waals surface area contributed by atoms with Crippen molar-refractivity contribution < 1.29 is 19.1 Å². The fraction of sp³-hybridized carbons (Fsp3) is 0.343. The maximum atomic E-state index is 14.3.